The monoisotopic (exact) mass is 420 g/mol. The third kappa shape index (κ3) is 4.88. The van der Waals surface area contributed by atoms with Crippen LogP contribution in [0.5, 0.6) is 11.5 Å². The van der Waals surface area contributed by atoms with Gasteiger partial charge < -0.3 is 14.4 Å². The van der Waals surface area contributed by atoms with Crippen LogP contribution in [0, 0.1) is 0 Å². The Kier molecular flexibility index (Phi) is 6.52. The van der Waals surface area contributed by atoms with Gasteiger partial charge in [0.2, 0.25) is 0 Å². The Morgan fingerprint density at radius 2 is 1.68 bits per heavy atom. The van der Waals surface area contributed by atoms with E-state index >= 15 is 0 Å². The Morgan fingerprint density at radius 3 is 2.39 bits per heavy atom. The van der Waals surface area contributed by atoms with E-state index in [0.717, 1.165) is 54.6 Å². The number of piperazine rings is 1. The minimum atomic E-state index is -0.0959. The fourth-order valence-corrected chi connectivity index (χ4v) is 3.78. The van der Waals surface area contributed by atoms with Crippen molar-refractivity contribution in [2.45, 2.75) is 13.6 Å². The fraction of sp³-hybridized carbons (Fsp3) is 0.333. The highest BCUT2D eigenvalue weighted by Gasteiger charge is 2.20. The highest BCUT2D eigenvalue weighted by atomic mass is 16.5. The molecular weight excluding hydrogens is 392 g/mol. The van der Waals surface area contributed by atoms with Gasteiger partial charge in [0.1, 0.15) is 11.5 Å². The van der Waals surface area contributed by atoms with Crippen LogP contribution in [0.4, 0.5) is 5.69 Å². The maximum atomic E-state index is 12.4. The number of aromatic nitrogens is 2. The van der Waals surface area contributed by atoms with Gasteiger partial charge in [-0.2, -0.15) is 5.10 Å². The molecule has 1 saturated heterocycles. The summed E-state index contributed by atoms with van der Waals surface area (Å²) in [5.41, 5.74) is 2.75. The standard InChI is InChI=1S/C24H28N4O3/c1-3-31-23-7-5-4-6-22(23)27-16-14-26(15-17-27)18-28-24(29)13-12-21(25-28)19-8-10-20(30-2)11-9-19/h4-13H,3,14-18H2,1-2H3. The van der Waals surface area contributed by atoms with Crippen molar-refractivity contribution in [1.82, 2.24) is 14.7 Å². The number of methoxy groups -OCH3 is 1. The average Bonchev–Trinajstić information content (AvgIpc) is 2.82. The summed E-state index contributed by atoms with van der Waals surface area (Å²) < 4.78 is 12.5. The molecule has 162 valence electrons. The van der Waals surface area contributed by atoms with Gasteiger partial charge in [-0.05, 0) is 49.4 Å². The first-order chi connectivity index (χ1) is 15.2. The predicted octanol–water partition coefficient (Wildman–Crippen LogP) is 3.10. The summed E-state index contributed by atoms with van der Waals surface area (Å²) in [6, 6.07) is 19.2. The van der Waals surface area contributed by atoms with Gasteiger partial charge in [-0.25, -0.2) is 4.68 Å². The zero-order valence-electron chi connectivity index (χ0n) is 18.0. The van der Waals surface area contributed by atoms with E-state index < -0.39 is 0 Å². The number of nitrogens with zero attached hydrogens (tertiary/aromatic N) is 4. The Morgan fingerprint density at radius 1 is 0.935 bits per heavy atom. The van der Waals surface area contributed by atoms with Crippen LogP contribution in [-0.4, -0.2) is 54.6 Å². The number of hydrogen-bond acceptors (Lipinski definition) is 6. The lowest BCUT2D eigenvalue weighted by molar-refractivity contribution is 0.191. The zero-order valence-corrected chi connectivity index (χ0v) is 18.0. The lowest BCUT2D eigenvalue weighted by Crippen LogP contribution is -2.48. The van der Waals surface area contributed by atoms with Gasteiger partial charge in [-0.1, -0.05) is 12.1 Å². The Labute approximate surface area is 182 Å². The van der Waals surface area contributed by atoms with Gasteiger partial charge >= 0.3 is 0 Å². The van der Waals surface area contributed by atoms with Crippen LogP contribution in [0.15, 0.2) is 65.5 Å². The van der Waals surface area contributed by atoms with Gasteiger partial charge in [0.25, 0.3) is 5.56 Å². The number of ether oxygens (including phenoxy) is 2. The van der Waals surface area contributed by atoms with Crippen molar-refractivity contribution in [3.05, 3.63) is 71.0 Å². The largest absolute Gasteiger partial charge is 0.497 e. The second-order valence-electron chi connectivity index (χ2n) is 7.43. The molecule has 0 bridgehead atoms. The molecular formula is C24H28N4O3. The molecule has 4 rings (SSSR count). The van der Waals surface area contributed by atoms with E-state index in [1.54, 1.807) is 23.9 Å². The number of para-hydroxylation sites is 2. The minimum Gasteiger partial charge on any atom is -0.497 e. The fourth-order valence-electron chi connectivity index (χ4n) is 3.78. The van der Waals surface area contributed by atoms with Crippen LogP contribution in [0.25, 0.3) is 11.3 Å². The van der Waals surface area contributed by atoms with Crippen molar-refractivity contribution < 1.29 is 9.47 Å². The van der Waals surface area contributed by atoms with Gasteiger partial charge in [0.15, 0.2) is 0 Å². The van der Waals surface area contributed by atoms with Crippen molar-refractivity contribution in [3.63, 3.8) is 0 Å². The molecule has 2 aromatic carbocycles. The number of anilines is 1. The first kappa shape index (κ1) is 20.9. The second-order valence-corrected chi connectivity index (χ2v) is 7.43. The van der Waals surface area contributed by atoms with E-state index in [1.807, 2.05) is 49.4 Å². The summed E-state index contributed by atoms with van der Waals surface area (Å²) in [6.07, 6.45) is 0. The maximum absolute atomic E-state index is 12.4. The summed E-state index contributed by atoms with van der Waals surface area (Å²) in [5.74, 6) is 1.71. The molecule has 1 fully saturated rings. The smallest absolute Gasteiger partial charge is 0.268 e. The number of benzene rings is 2. The van der Waals surface area contributed by atoms with E-state index in [0.29, 0.717) is 13.3 Å². The van der Waals surface area contributed by atoms with Crippen molar-refractivity contribution in [2.24, 2.45) is 0 Å². The van der Waals surface area contributed by atoms with E-state index in [4.69, 9.17) is 9.47 Å². The topological polar surface area (TPSA) is 59.8 Å². The van der Waals surface area contributed by atoms with E-state index in [9.17, 15) is 4.79 Å². The molecule has 0 spiro atoms. The second kappa shape index (κ2) is 9.66. The molecule has 0 saturated carbocycles. The summed E-state index contributed by atoms with van der Waals surface area (Å²) in [5, 5.41) is 4.60. The average molecular weight is 421 g/mol. The molecule has 0 atom stereocenters. The van der Waals surface area contributed by atoms with Crippen LogP contribution >= 0.6 is 0 Å². The summed E-state index contributed by atoms with van der Waals surface area (Å²) >= 11 is 0. The van der Waals surface area contributed by atoms with Crippen LogP contribution in [0.1, 0.15) is 6.92 Å². The normalized spacial score (nSPS) is 14.5. The van der Waals surface area contributed by atoms with Crippen molar-refractivity contribution in [3.8, 4) is 22.8 Å². The molecule has 7 nitrogen and oxygen atoms in total. The predicted molar refractivity (Wildman–Crippen MR) is 122 cm³/mol. The third-order valence-electron chi connectivity index (χ3n) is 5.46. The molecule has 0 aliphatic carbocycles. The van der Waals surface area contributed by atoms with Gasteiger partial charge in [0, 0.05) is 37.8 Å². The van der Waals surface area contributed by atoms with E-state index in [1.165, 1.54) is 0 Å². The molecule has 31 heavy (non-hydrogen) atoms. The quantitative estimate of drug-likeness (QED) is 0.585. The lowest BCUT2D eigenvalue weighted by atomic mass is 10.1. The van der Waals surface area contributed by atoms with Crippen molar-refractivity contribution in [2.75, 3.05) is 44.8 Å². The van der Waals surface area contributed by atoms with Gasteiger partial charge in [-0.3, -0.25) is 9.69 Å². The van der Waals surface area contributed by atoms with E-state index in [-0.39, 0.29) is 5.56 Å². The molecule has 0 amide bonds. The van der Waals surface area contributed by atoms with Crippen LogP contribution in [0.3, 0.4) is 0 Å². The van der Waals surface area contributed by atoms with Crippen LogP contribution in [0.2, 0.25) is 0 Å². The molecule has 0 unspecified atom stereocenters. The van der Waals surface area contributed by atoms with Crippen LogP contribution < -0.4 is 19.9 Å². The molecule has 3 aromatic rings. The summed E-state index contributed by atoms with van der Waals surface area (Å²) in [6.45, 7) is 6.57. The molecule has 1 aromatic heterocycles. The summed E-state index contributed by atoms with van der Waals surface area (Å²) in [7, 11) is 1.64. The van der Waals surface area contributed by atoms with Crippen LogP contribution in [-0.2, 0) is 6.67 Å². The molecule has 0 radical (unpaired) electrons. The maximum Gasteiger partial charge on any atom is 0.268 e. The lowest BCUT2D eigenvalue weighted by Gasteiger charge is -2.36. The summed E-state index contributed by atoms with van der Waals surface area (Å²) in [4.78, 5) is 17.0. The third-order valence-corrected chi connectivity index (χ3v) is 5.46. The number of hydrogen-bond donors (Lipinski definition) is 0. The first-order valence-electron chi connectivity index (χ1n) is 10.6. The van der Waals surface area contributed by atoms with Crippen molar-refractivity contribution in [1.29, 1.82) is 0 Å². The molecule has 7 heteroatoms. The molecule has 2 heterocycles. The van der Waals surface area contributed by atoms with Gasteiger partial charge in [0.05, 0.1) is 31.8 Å². The first-order valence-corrected chi connectivity index (χ1v) is 10.6. The van der Waals surface area contributed by atoms with E-state index in [2.05, 4.69) is 21.0 Å². The Bertz CT molecular complexity index is 1060. The highest BCUT2D eigenvalue weighted by molar-refractivity contribution is 5.59. The minimum absolute atomic E-state index is 0.0959. The SMILES string of the molecule is CCOc1ccccc1N1CCN(Cn2nc(-c3ccc(OC)cc3)ccc2=O)CC1. The van der Waals surface area contributed by atoms with Crippen molar-refractivity contribution >= 4 is 5.69 Å². The number of rotatable bonds is 7. The molecule has 1 aliphatic heterocycles. The van der Waals surface area contributed by atoms with Gasteiger partial charge in [-0.15, -0.1) is 0 Å². The Balaban J connectivity index is 1.43. The zero-order chi connectivity index (χ0) is 21.6. The molecule has 0 N–H and O–H groups in total. The highest BCUT2D eigenvalue weighted by Crippen LogP contribution is 2.28. The molecule has 1 aliphatic rings. The Hall–Kier alpha value is -3.32.